The van der Waals surface area contributed by atoms with Crippen LogP contribution in [0.2, 0.25) is 5.28 Å². The zero-order valence-electron chi connectivity index (χ0n) is 14.9. The van der Waals surface area contributed by atoms with Crippen molar-refractivity contribution in [3.8, 4) is 0 Å². The predicted octanol–water partition coefficient (Wildman–Crippen LogP) is 2.98. The van der Waals surface area contributed by atoms with Gasteiger partial charge in [0, 0.05) is 38.4 Å². The lowest BCUT2D eigenvalue weighted by molar-refractivity contribution is -0.131. The van der Waals surface area contributed by atoms with Crippen molar-refractivity contribution in [1.29, 1.82) is 0 Å². The van der Waals surface area contributed by atoms with E-state index in [1.54, 1.807) is 18.5 Å². The number of thioether (sulfide) groups is 1. The van der Waals surface area contributed by atoms with Gasteiger partial charge < -0.3 is 14.8 Å². The van der Waals surface area contributed by atoms with E-state index in [0.29, 0.717) is 54.7 Å². The lowest BCUT2D eigenvalue weighted by Gasteiger charge is -2.36. The highest BCUT2D eigenvalue weighted by molar-refractivity contribution is 7.99. The minimum atomic E-state index is -0.229. The van der Waals surface area contributed by atoms with E-state index in [0.717, 1.165) is 5.52 Å². The van der Waals surface area contributed by atoms with Gasteiger partial charge in [0.2, 0.25) is 11.2 Å². The van der Waals surface area contributed by atoms with Gasteiger partial charge in [-0.05, 0) is 23.7 Å². The molecule has 0 spiro atoms. The zero-order valence-corrected chi connectivity index (χ0v) is 16.5. The van der Waals surface area contributed by atoms with E-state index in [4.69, 9.17) is 11.6 Å². The number of nitrogens with zero attached hydrogens (tertiary/aromatic N) is 5. The molecule has 7 nitrogen and oxygen atoms in total. The van der Waals surface area contributed by atoms with Crippen LogP contribution in [-0.2, 0) is 4.79 Å². The Morgan fingerprint density at radius 2 is 2.00 bits per heavy atom. The van der Waals surface area contributed by atoms with Crippen LogP contribution in [0.3, 0.4) is 0 Å². The summed E-state index contributed by atoms with van der Waals surface area (Å²) in [5, 5.41) is 0.822. The van der Waals surface area contributed by atoms with Gasteiger partial charge in [0.25, 0.3) is 0 Å². The second kappa shape index (κ2) is 8.32. The summed E-state index contributed by atoms with van der Waals surface area (Å²) >= 11 is 7.37. The molecule has 1 N–H and O–H groups in total. The Morgan fingerprint density at radius 1 is 1.21 bits per heavy atom. The van der Waals surface area contributed by atoms with Crippen LogP contribution in [0.4, 0.5) is 10.1 Å². The van der Waals surface area contributed by atoms with Crippen molar-refractivity contribution in [2.24, 2.45) is 0 Å². The average molecular weight is 421 g/mol. The van der Waals surface area contributed by atoms with E-state index in [9.17, 15) is 9.18 Å². The van der Waals surface area contributed by atoms with Crippen LogP contribution in [0.5, 0.6) is 0 Å². The number of para-hydroxylation sites is 1. The number of piperazine rings is 1. The fourth-order valence-electron chi connectivity index (χ4n) is 3.18. The van der Waals surface area contributed by atoms with Gasteiger partial charge in [0.15, 0.2) is 5.65 Å². The fraction of sp³-hybridized carbons (Fsp3) is 0.333. The van der Waals surface area contributed by atoms with Crippen LogP contribution in [0, 0.1) is 5.82 Å². The third-order valence-electron chi connectivity index (χ3n) is 4.61. The fourth-order valence-corrected chi connectivity index (χ4v) is 4.31. The summed E-state index contributed by atoms with van der Waals surface area (Å²) in [6, 6.07) is 6.73. The second-order valence-corrected chi connectivity index (χ2v) is 7.74. The number of halogens is 2. The standard InChI is InChI=1S/C18H18ClFN6OS/c19-18-23-16-15(21-11-22-16)17(24-18)28-10-5-14(27)26-8-6-25(7-9-26)13-4-2-1-3-12(13)20/h1-4,11H,5-10H2,(H,21,22,23,24). The molecule has 2 aromatic heterocycles. The van der Waals surface area contributed by atoms with E-state index in [2.05, 4.69) is 19.9 Å². The van der Waals surface area contributed by atoms with E-state index in [-0.39, 0.29) is 17.0 Å². The number of hydrogen-bond acceptors (Lipinski definition) is 6. The number of H-pyrrole nitrogens is 1. The Morgan fingerprint density at radius 3 is 2.79 bits per heavy atom. The monoisotopic (exact) mass is 420 g/mol. The predicted molar refractivity (Wildman–Crippen MR) is 107 cm³/mol. The zero-order chi connectivity index (χ0) is 19.5. The van der Waals surface area contributed by atoms with Crippen LogP contribution in [0.15, 0.2) is 35.6 Å². The second-order valence-electron chi connectivity index (χ2n) is 6.32. The molecule has 1 aliphatic rings. The normalized spacial score (nSPS) is 14.6. The van der Waals surface area contributed by atoms with Crippen molar-refractivity contribution in [2.75, 3.05) is 36.8 Å². The third-order valence-corrected chi connectivity index (χ3v) is 5.75. The first-order valence-corrected chi connectivity index (χ1v) is 10.2. The van der Waals surface area contributed by atoms with E-state index < -0.39 is 0 Å². The molecule has 28 heavy (non-hydrogen) atoms. The average Bonchev–Trinajstić information content (AvgIpc) is 3.17. The van der Waals surface area contributed by atoms with Crippen molar-refractivity contribution < 1.29 is 9.18 Å². The number of fused-ring (bicyclic) bond motifs is 1. The van der Waals surface area contributed by atoms with E-state index in [1.807, 2.05) is 15.9 Å². The summed E-state index contributed by atoms with van der Waals surface area (Å²) in [5.74, 6) is 0.433. The number of anilines is 1. The molecule has 0 atom stereocenters. The van der Waals surface area contributed by atoms with E-state index in [1.165, 1.54) is 17.8 Å². The maximum atomic E-state index is 13.9. The number of aromatic nitrogens is 4. The lowest BCUT2D eigenvalue weighted by atomic mass is 10.2. The summed E-state index contributed by atoms with van der Waals surface area (Å²) in [4.78, 5) is 31.7. The van der Waals surface area contributed by atoms with Gasteiger partial charge in [-0.1, -0.05) is 12.1 Å². The summed E-state index contributed by atoms with van der Waals surface area (Å²) in [5.41, 5.74) is 1.83. The van der Waals surface area contributed by atoms with Crippen LogP contribution in [0.1, 0.15) is 6.42 Å². The van der Waals surface area contributed by atoms with Crippen molar-refractivity contribution in [1.82, 2.24) is 24.8 Å². The molecule has 146 valence electrons. The van der Waals surface area contributed by atoms with Crippen molar-refractivity contribution in [3.63, 3.8) is 0 Å². The van der Waals surface area contributed by atoms with Gasteiger partial charge in [-0.3, -0.25) is 4.79 Å². The maximum Gasteiger partial charge on any atom is 0.225 e. The summed E-state index contributed by atoms with van der Waals surface area (Å²) < 4.78 is 13.9. The number of hydrogen-bond donors (Lipinski definition) is 1. The first kappa shape index (κ1) is 18.9. The summed E-state index contributed by atoms with van der Waals surface area (Å²) in [7, 11) is 0. The molecule has 0 saturated carbocycles. The molecule has 1 aliphatic heterocycles. The van der Waals surface area contributed by atoms with Crippen molar-refractivity contribution >= 4 is 46.1 Å². The highest BCUT2D eigenvalue weighted by atomic mass is 35.5. The molecule has 0 bridgehead atoms. The molecule has 0 aliphatic carbocycles. The van der Waals surface area contributed by atoms with Gasteiger partial charge in [-0.2, -0.15) is 4.98 Å². The maximum absolute atomic E-state index is 13.9. The van der Waals surface area contributed by atoms with Crippen LogP contribution in [-0.4, -0.2) is 62.7 Å². The molecule has 3 heterocycles. The molecule has 1 amide bonds. The molecular formula is C18H18ClFN6OS. The summed E-state index contributed by atoms with van der Waals surface area (Å²) in [6.07, 6.45) is 1.93. The molecule has 3 aromatic rings. The number of nitrogens with one attached hydrogen (secondary N) is 1. The Bertz CT molecular complexity index is 991. The van der Waals surface area contributed by atoms with Gasteiger partial charge in [-0.15, -0.1) is 11.8 Å². The molecular weight excluding hydrogens is 403 g/mol. The lowest BCUT2D eigenvalue weighted by Crippen LogP contribution is -2.49. The van der Waals surface area contributed by atoms with E-state index >= 15 is 0 Å². The Hall–Kier alpha value is -2.39. The third kappa shape index (κ3) is 4.05. The Balaban J connectivity index is 1.29. The topological polar surface area (TPSA) is 78.0 Å². The molecule has 1 fully saturated rings. The molecule has 0 radical (unpaired) electrons. The highest BCUT2D eigenvalue weighted by Crippen LogP contribution is 2.25. The number of aromatic amines is 1. The number of carbonyl (C=O) groups is 1. The molecule has 1 saturated heterocycles. The Labute approximate surface area is 170 Å². The van der Waals surface area contributed by atoms with Crippen LogP contribution in [0.25, 0.3) is 11.2 Å². The van der Waals surface area contributed by atoms with Gasteiger partial charge >= 0.3 is 0 Å². The van der Waals surface area contributed by atoms with Crippen molar-refractivity contribution in [2.45, 2.75) is 11.4 Å². The quantitative estimate of drug-likeness (QED) is 0.388. The minimum Gasteiger partial charge on any atom is -0.366 e. The molecule has 1 aromatic carbocycles. The van der Waals surface area contributed by atoms with Crippen molar-refractivity contribution in [3.05, 3.63) is 41.7 Å². The molecule has 0 unspecified atom stereocenters. The highest BCUT2D eigenvalue weighted by Gasteiger charge is 2.22. The number of benzene rings is 1. The molecule has 4 rings (SSSR count). The number of imidazole rings is 1. The minimum absolute atomic E-state index is 0.0849. The SMILES string of the molecule is O=C(CCSc1nc(Cl)nc2nc[nH]c12)N1CCN(c2ccccc2F)CC1. The van der Waals surface area contributed by atoms with Gasteiger partial charge in [0.05, 0.1) is 12.0 Å². The summed E-state index contributed by atoms with van der Waals surface area (Å²) in [6.45, 7) is 2.41. The van der Waals surface area contributed by atoms with Crippen LogP contribution < -0.4 is 4.90 Å². The molecule has 10 heteroatoms. The van der Waals surface area contributed by atoms with Gasteiger partial charge in [-0.25, -0.2) is 14.4 Å². The number of amides is 1. The van der Waals surface area contributed by atoms with Crippen LogP contribution >= 0.6 is 23.4 Å². The first-order chi connectivity index (χ1) is 13.6. The Kier molecular flexibility index (Phi) is 5.63. The van der Waals surface area contributed by atoms with Gasteiger partial charge in [0.1, 0.15) is 16.4 Å². The number of rotatable bonds is 5. The smallest absolute Gasteiger partial charge is 0.225 e. The largest absolute Gasteiger partial charge is 0.366 e. The number of carbonyl (C=O) groups excluding carboxylic acids is 1. The first-order valence-electron chi connectivity index (χ1n) is 8.88.